The summed E-state index contributed by atoms with van der Waals surface area (Å²) < 4.78 is 1.58. The van der Waals surface area contributed by atoms with Crippen molar-refractivity contribution >= 4 is 39.3 Å². The molecular formula is C23H26N2O3S2. The van der Waals surface area contributed by atoms with Gasteiger partial charge in [-0.25, -0.2) is 4.98 Å². The average molecular weight is 443 g/mol. The minimum absolute atomic E-state index is 0.0940. The molecule has 2 aromatic heterocycles. The van der Waals surface area contributed by atoms with Crippen molar-refractivity contribution in [1.82, 2.24) is 9.55 Å². The van der Waals surface area contributed by atoms with Gasteiger partial charge in [-0.2, -0.15) is 0 Å². The first kappa shape index (κ1) is 21.1. The Morgan fingerprint density at radius 2 is 2.00 bits per heavy atom. The van der Waals surface area contributed by atoms with E-state index in [1.807, 2.05) is 31.2 Å². The number of aryl methyl sites for hydroxylation is 2. The number of rotatable bonds is 4. The Kier molecular flexibility index (Phi) is 5.53. The molecule has 0 radical (unpaired) electrons. The highest BCUT2D eigenvalue weighted by atomic mass is 32.2. The smallest absolute Gasteiger partial charge is 0.313 e. The van der Waals surface area contributed by atoms with E-state index in [2.05, 4.69) is 20.8 Å². The third kappa shape index (κ3) is 3.93. The third-order valence-corrected chi connectivity index (χ3v) is 7.97. The molecule has 0 bridgehead atoms. The lowest BCUT2D eigenvalue weighted by atomic mass is 9.72. The fourth-order valence-electron chi connectivity index (χ4n) is 4.09. The first-order valence-electron chi connectivity index (χ1n) is 10.1. The molecule has 0 saturated heterocycles. The Morgan fingerprint density at radius 3 is 2.63 bits per heavy atom. The molecule has 158 valence electrons. The monoisotopic (exact) mass is 442 g/mol. The number of carbonyl (C=O) groups is 1. The van der Waals surface area contributed by atoms with E-state index in [1.54, 1.807) is 15.9 Å². The maximum Gasteiger partial charge on any atom is 0.313 e. The number of nitrogens with zero attached hydrogens (tertiary/aromatic N) is 2. The van der Waals surface area contributed by atoms with E-state index in [-0.39, 0.29) is 16.7 Å². The van der Waals surface area contributed by atoms with Gasteiger partial charge in [-0.05, 0) is 55.2 Å². The van der Waals surface area contributed by atoms with E-state index in [1.165, 1.54) is 4.88 Å². The van der Waals surface area contributed by atoms with Gasteiger partial charge >= 0.3 is 5.97 Å². The molecule has 0 unspecified atom stereocenters. The summed E-state index contributed by atoms with van der Waals surface area (Å²) in [6.07, 6.45) is 2.94. The van der Waals surface area contributed by atoms with Crippen molar-refractivity contribution in [3.8, 4) is 5.69 Å². The molecule has 0 aliphatic heterocycles. The Hall–Kier alpha value is -2.12. The predicted octanol–water partition coefficient (Wildman–Crippen LogP) is 5.08. The van der Waals surface area contributed by atoms with Crippen LogP contribution in [0.5, 0.6) is 0 Å². The largest absolute Gasteiger partial charge is 0.481 e. The molecule has 2 heterocycles. The summed E-state index contributed by atoms with van der Waals surface area (Å²) in [7, 11) is 0. The van der Waals surface area contributed by atoms with Crippen LogP contribution in [0.4, 0.5) is 0 Å². The predicted molar refractivity (Wildman–Crippen MR) is 123 cm³/mol. The zero-order valence-electron chi connectivity index (χ0n) is 17.7. The van der Waals surface area contributed by atoms with E-state index in [4.69, 9.17) is 10.1 Å². The van der Waals surface area contributed by atoms with Crippen LogP contribution in [0.2, 0.25) is 0 Å². The highest BCUT2D eigenvalue weighted by molar-refractivity contribution is 7.99. The number of carboxylic acid groups (broad SMARTS) is 1. The fraction of sp³-hybridized carbons (Fsp3) is 0.435. The first-order chi connectivity index (χ1) is 14.1. The standard InChI is InChI=1S/C23H26N2O3S2/c1-13-5-8-15(9-6-13)25-21(28)19-16-10-7-14(23(2,3)4)11-17(16)30-20(19)24-22(25)29-12-18(26)27/h5-6,8-9,14H,7,10-12H2,1-4H3,(H,26,27)/t14-/m0/s1. The van der Waals surface area contributed by atoms with Crippen molar-refractivity contribution in [1.29, 1.82) is 0 Å². The van der Waals surface area contributed by atoms with Gasteiger partial charge in [0.05, 0.1) is 16.8 Å². The van der Waals surface area contributed by atoms with Gasteiger partial charge in [0.25, 0.3) is 5.56 Å². The van der Waals surface area contributed by atoms with Crippen LogP contribution in [0.1, 0.15) is 43.2 Å². The summed E-state index contributed by atoms with van der Waals surface area (Å²) in [5.74, 6) is -0.484. The van der Waals surface area contributed by atoms with Gasteiger partial charge in [0.1, 0.15) is 4.83 Å². The van der Waals surface area contributed by atoms with Gasteiger partial charge in [0.2, 0.25) is 0 Å². The lowest BCUT2D eigenvalue weighted by molar-refractivity contribution is -0.133. The number of hydrogen-bond acceptors (Lipinski definition) is 5. The minimum atomic E-state index is -0.928. The van der Waals surface area contributed by atoms with Crippen LogP contribution < -0.4 is 5.56 Å². The van der Waals surface area contributed by atoms with Gasteiger partial charge in [-0.15, -0.1) is 11.3 Å². The zero-order valence-corrected chi connectivity index (χ0v) is 19.3. The van der Waals surface area contributed by atoms with E-state index < -0.39 is 5.97 Å². The molecule has 1 aliphatic rings. The number of benzene rings is 1. The molecule has 30 heavy (non-hydrogen) atoms. The van der Waals surface area contributed by atoms with Crippen LogP contribution in [0.15, 0.2) is 34.2 Å². The van der Waals surface area contributed by atoms with Gasteiger partial charge in [-0.3, -0.25) is 14.2 Å². The Morgan fingerprint density at radius 1 is 1.30 bits per heavy atom. The minimum Gasteiger partial charge on any atom is -0.481 e. The van der Waals surface area contributed by atoms with E-state index >= 15 is 0 Å². The molecular weight excluding hydrogens is 416 g/mol. The van der Waals surface area contributed by atoms with Crippen LogP contribution in [-0.2, 0) is 17.6 Å². The second kappa shape index (κ2) is 7.85. The number of fused-ring (bicyclic) bond motifs is 3. The summed E-state index contributed by atoms with van der Waals surface area (Å²) in [6, 6.07) is 7.69. The normalized spacial score (nSPS) is 16.6. The molecule has 1 aromatic carbocycles. The molecule has 1 aliphatic carbocycles. The highest BCUT2D eigenvalue weighted by Gasteiger charge is 2.32. The molecule has 1 N–H and O–H groups in total. The first-order valence-corrected chi connectivity index (χ1v) is 11.9. The number of thioether (sulfide) groups is 1. The molecule has 0 spiro atoms. The fourth-order valence-corrected chi connectivity index (χ4v) is 6.16. The highest BCUT2D eigenvalue weighted by Crippen LogP contribution is 2.42. The van der Waals surface area contributed by atoms with E-state index in [0.717, 1.165) is 52.7 Å². The Balaban J connectivity index is 1.90. The second-order valence-corrected chi connectivity index (χ2v) is 11.1. The van der Waals surface area contributed by atoms with Crippen molar-refractivity contribution < 1.29 is 9.90 Å². The molecule has 7 heteroatoms. The summed E-state index contributed by atoms with van der Waals surface area (Å²) in [6.45, 7) is 8.83. The number of aliphatic carboxylic acids is 1. The third-order valence-electron chi connectivity index (χ3n) is 5.89. The number of carboxylic acids is 1. The summed E-state index contributed by atoms with van der Waals surface area (Å²) in [5.41, 5.74) is 3.09. The molecule has 1 atom stereocenters. The van der Waals surface area contributed by atoms with Crippen molar-refractivity contribution in [2.75, 3.05) is 5.75 Å². The summed E-state index contributed by atoms with van der Waals surface area (Å²) in [5, 5.41) is 10.3. The number of thiophene rings is 1. The van der Waals surface area contributed by atoms with Gasteiger partial charge in [0, 0.05) is 4.88 Å². The molecule has 5 nitrogen and oxygen atoms in total. The van der Waals surface area contributed by atoms with Crippen LogP contribution in [0.25, 0.3) is 15.9 Å². The SMILES string of the molecule is Cc1ccc(-n2c(SCC(=O)O)nc3sc4c(c3c2=O)CC[C@H](C(C)(C)C)C4)cc1. The topological polar surface area (TPSA) is 72.2 Å². The second-order valence-electron chi connectivity index (χ2n) is 9.04. The summed E-state index contributed by atoms with van der Waals surface area (Å²) >= 11 is 2.70. The lowest BCUT2D eigenvalue weighted by Gasteiger charge is -2.33. The molecule has 3 aromatic rings. The quantitative estimate of drug-likeness (QED) is 0.450. The van der Waals surface area contributed by atoms with Crippen LogP contribution >= 0.6 is 23.1 Å². The van der Waals surface area contributed by atoms with Crippen molar-refractivity contribution in [3.05, 3.63) is 50.6 Å². The lowest BCUT2D eigenvalue weighted by Crippen LogP contribution is -2.27. The zero-order chi connectivity index (χ0) is 21.6. The van der Waals surface area contributed by atoms with Crippen LogP contribution in [-0.4, -0.2) is 26.4 Å². The summed E-state index contributed by atoms with van der Waals surface area (Å²) in [4.78, 5) is 31.6. The molecule has 0 saturated carbocycles. The van der Waals surface area contributed by atoms with Crippen molar-refractivity contribution in [2.24, 2.45) is 11.3 Å². The Bertz CT molecular complexity index is 1170. The molecule has 0 fully saturated rings. The van der Waals surface area contributed by atoms with Gasteiger partial charge in [0.15, 0.2) is 5.16 Å². The van der Waals surface area contributed by atoms with Crippen molar-refractivity contribution in [2.45, 2.75) is 52.1 Å². The van der Waals surface area contributed by atoms with Gasteiger partial charge < -0.3 is 5.11 Å². The molecule has 4 rings (SSSR count). The van der Waals surface area contributed by atoms with Gasteiger partial charge in [-0.1, -0.05) is 50.2 Å². The van der Waals surface area contributed by atoms with E-state index in [0.29, 0.717) is 16.5 Å². The maximum absolute atomic E-state index is 13.7. The van der Waals surface area contributed by atoms with Crippen molar-refractivity contribution in [3.63, 3.8) is 0 Å². The van der Waals surface area contributed by atoms with Crippen LogP contribution in [0, 0.1) is 18.3 Å². The van der Waals surface area contributed by atoms with Crippen LogP contribution in [0.3, 0.4) is 0 Å². The molecule has 0 amide bonds. The number of hydrogen-bond donors (Lipinski definition) is 1. The average Bonchev–Trinajstić information content (AvgIpc) is 3.04. The number of aromatic nitrogens is 2. The maximum atomic E-state index is 13.7. The Labute approximate surface area is 184 Å². The van der Waals surface area contributed by atoms with E-state index in [9.17, 15) is 9.59 Å².